The summed E-state index contributed by atoms with van der Waals surface area (Å²) in [5.74, 6) is -0.943. The molecule has 1 aliphatic heterocycles. The molecule has 0 aromatic heterocycles. The van der Waals surface area contributed by atoms with E-state index >= 15 is 0 Å². The van der Waals surface area contributed by atoms with Crippen molar-refractivity contribution in [1.29, 1.82) is 0 Å². The standard InChI is InChI=1S/C12H20O5/c1-4-12(2,3)11(14)16-8-9(13)17-10-6-5-7-15-10/h10H,4-8H2,1-3H3. The predicted molar refractivity (Wildman–Crippen MR) is 60.1 cm³/mol. The van der Waals surface area contributed by atoms with Crippen molar-refractivity contribution in [3.63, 3.8) is 0 Å². The molecule has 0 N–H and O–H groups in total. The molecule has 1 fully saturated rings. The lowest BCUT2D eigenvalue weighted by atomic mass is 9.91. The molecule has 5 nitrogen and oxygen atoms in total. The minimum absolute atomic E-state index is 0.345. The SMILES string of the molecule is CCC(C)(C)C(=O)OCC(=O)OC1CCCO1. The number of esters is 2. The second-order valence-electron chi connectivity index (χ2n) is 4.75. The summed E-state index contributed by atoms with van der Waals surface area (Å²) in [6, 6.07) is 0. The monoisotopic (exact) mass is 244 g/mol. The van der Waals surface area contributed by atoms with Crippen LogP contribution in [0.2, 0.25) is 0 Å². The van der Waals surface area contributed by atoms with Crippen molar-refractivity contribution in [2.24, 2.45) is 5.41 Å². The van der Waals surface area contributed by atoms with Gasteiger partial charge in [0.2, 0.25) is 6.29 Å². The van der Waals surface area contributed by atoms with Crippen LogP contribution in [0, 0.1) is 5.41 Å². The summed E-state index contributed by atoms with van der Waals surface area (Å²) in [6.45, 7) is 5.72. The Labute approximate surface area is 101 Å². The van der Waals surface area contributed by atoms with Gasteiger partial charge in [-0.3, -0.25) is 4.79 Å². The van der Waals surface area contributed by atoms with E-state index in [1.807, 2.05) is 6.92 Å². The van der Waals surface area contributed by atoms with Gasteiger partial charge >= 0.3 is 11.9 Å². The highest BCUT2D eigenvalue weighted by atomic mass is 16.7. The summed E-state index contributed by atoms with van der Waals surface area (Å²) >= 11 is 0. The summed E-state index contributed by atoms with van der Waals surface area (Å²) in [6.07, 6.45) is 1.79. The molecule has 98 valence electrons. The Hall–Kier alpha value is -1.10. The van der Waals surface area contributed by atoms with Gasteiger partial charge in [0.25, 0.3) is 0 Å². The molecule has 0 aromatic carbocycles. The van der Waals surface area contributed by atoms with E-state index < -0.39 is 17.7 Å². The van der Waals surface area contributed by atoms with Crippen LogP contribution in [-0.4, -0.2) is 31.4 Å². The van der Waals surface area contributed by atoms with E-state index in [1.165, 1.54) is 0 Å². The molecular formula is C12H20O5. The van der Waals surface area contributed by atoms with E-state index in [0.29, 0.717) is 19.4 Å². The van der Waals surface area contributed by atoms with Gasteiger partial charge in [-0.05, 0) is 26.7 Å². The molecule has 1 heterocycles. The molecule has 0 bridgehead atoms. The average molecular weight is 244 g/mol. The molecule has 5 heteroatoms. The van der Waals surface area contributed by atoms with Crippen LogP contribution in [0.1, 0.15) is 40.0 Å². The van der Waals surface area contributed by atoms with E-state index in [-0.39, 0.29) is 12.6 Å². The predicted octanol–water partition coefficient (Wildman–Crippen LogP) is 1.65. The van der Waals surface area contributed by atoms with E-state index in [9.17, 15) is 9.59 Å². The lowest BCUT2D eigenvalue weighted by Crippen LogP contribution is -2.29. The number of ether oxygens (including phenoxy) is 3. The first-order valence-electron chi connectivity index (χ1n) is 5.94. The fraction of sp³-hybridized carbons (Fsp3) is 0.833. The van der Waals surface area contributed by atoms with E-state index in [2.05, 4.69) is 0 Å². The maximum absolute atomic E-state index is 11.6. The van der Waals surface area contributed by atoms with Gasteiger partial charge < -0.3 is 14.2 Å². The summed E-state index contributed by atoms with van der Waals surface area (Å²) in [5, 5.41) is 0. The largest absolute Gasteiger partial charge is 0.453 e. The van der Waals surface area contributed by atoms with Gasteiger partial charge in [-0.1, -0.05) is 6.92 Å². The zero-order chi connectivity index (χ0) is 12.9. The molecule has 1 unspecified atom stereocenters. The van der Waals surface area contributed by atoms with Crippen molar-refractivity contribution in [1.82, 2.24) is 0 Å². The van der Waals surface area contributed by atoms with Crippen molar-refractivity contribution in [2.45, 2.75) is 46.3 Å². The normalized spacial score (nSPS) is 20.1. The molecule has 1 rings (SSSR count). The van der Waals surface area contributed by atoms with Crippen LogP contribution in [0.4, 0.5) is 0 Å². The van der Waals surface area contributed by atoms with Crippen LogP contribution in [0.15, 0.2) is 0 Å². The van der Waals surface area contributed by atoms with Crippen LogP contribution in [0.25, 0.3) is 0 Å². The quantitative estimate of drug-likeness (QED) is 0.688. The van der Waals surface area contributed by atoms with Crippen molar-refractivity contribution < 1.29 is 23.8 Å². The van der Waals surface area contributed by atoms with E-state index in [4.69, 9.17) is 14.2 Å². The highest BCUT2D eigenvalue weighted by Crippen LogP contribution is 2.21. The number of hydrogen-bond acceptors (Lipinski definition) is 5. The number of hydrogen-bond donors (Lipinski definition) is 0. The van der Waals surface area contributed by atoms with Crippen LogP contribution in [0.5, 0.6) is 0 Å². The molecular weight excluding hydrogens is 224 g/mol. The molecule has 1 aliphatic rings. The van der Waals surface area contributed by atoms with Crippen molar-refractivity contribution in [3.8, 4) is 0 Å². The number of rotatable bonds is 5. The Morgan fingerprint density at radius 3 is 2.65 bits per heavy atom. The van der Waals surface area contributed by atoms with Gasteiger partial charge in [0.1, 0.15) is 0 Å². The van der Waals surface area contributed by atoms with Crippen LogP contribution in [0.3, 0.4) is 0 Å². The maximum atomic E-state index is 11.6. The number of carbonyl (C=O) groups is 2. The van der Waals surface area contributed by atoms with Crippen molar-refractivity contribution in [3.05, 3.63) is 0 Å². The summed E-state index contributed by atoms with van der Waals surface area (Å²) < 4.78 is 15.0. The summed E-state index contributed by atoms with van der Waals surface area (Å²) in [4.78, 5) is 22.9. The zero-order valence-corrected chi connectivity index (χ0v) is 10.7. The summed E-state index contributed by atoms with van der Waals surface area (Å²) in [5.41, 5.74) is -0.565. The Bertz CT molecular complexity index is 279. The second kappa shape index (κ2) is 6.00. The Kier molecular flexibility index (Phi) is 4.93. The van der Waals surface area contributed by atoms with Gasteiger partial charge in [0.15, 0.2) is 6.61 Å². The highest BCUT2D eigenvalue weighted by molar-refractivity contribution is 5.79. The molecule has 0 aliphatic carbocycles. The average Bonchev–Trinajstić information content (AvgIpc) is 2.78. The molecule has 0 aromatic rings. The topological polar surface area (TPSA) is 61.8 Å². The van der Waals surface area contributed by atoms with Crippen LogP contribution in [-0.2, 0) is 23.8 Å². The molecule has 1 saturated heterocycles. The molecule has 17 heavy (non-hydrogen) atoms. The summed E-state index contributed by atoms with van der Waals surface area (Å²) in [7, 11) is 0. The smallest absolute Gasteiger partial charge is 0.346 e. The minimum Gasteiger partial charge on any atom is -0.453 e. The lowest BCUT2D eigenvalue weighted by molar-refractivity contribution is -0.180. The fourth-order valence-corrected chi connectivity index (χ4v) is 1.29. The van der Waals surface area contributed by atoms with Gasteiger partial charge in [-0.15, -0.1) is 0 Å². The lowest BCUT2D eigenvalue weighted by Gasteiger charge is -2.20. The third-order valence-electron chi connectivity index (χ3n) is 2.91. The van der Waals surface area contributed by atoms with Gasteiger partial charge in [-0.2, -0.15) is 0 Å². The first kappa shape index (κ1) is 14.0. The third-order valence-corrected chi connectivity index (χ3v) is 2.91. The van der Waals surface area contributed by atoms with Crippen molar-refractivity contribution >= 4 is 11.9 Å². The first-order valence-corrected chi connectivity index (χ1v) is 5.94. The molecule has 0 radical (unpaired) electrons. The Morgan fingerprint density at radius 1 is 1.41 bits per heavy atom. The van der Waals surface area contributed by atoms with Gasteiger partial charge in [0, 0.05) is 6.42 Å². The molecule has 1 atom stereocenters. The van der Waals surface area contributed by atoms with Crippen molar-refractivity contribution in [2.75, 3.05) is 13.2 Å². The second-order valence-corrected chi connectivity index (χ2v) is 4.75. The maximum Gasteiger partial charge on any atom is 0.346 e. The van der Waals surface area contributed by atoms with Crippen LogP contribution >= 0.6 is 0 Å². The molecule has 0 spiro atoms. The van der Waals surface area contributed by atoms with Gasteiger partial charge in [0.05, 0.1) is 12.0 Å². The van der Waals surface area contributed by atoms with Gasteiger partial charge in [-0.25, -0.2) is 4.79 Å². The number of carbonyl (C=O) groups excluding carboxylic acids is 2. The molecule has 0 saturated carbocycles. The zero-order valence-electron chi connectivity index (χ0n) is 10.7. The fourth-order valence-electron chi connectivity index (χ4n) is 1.29. The first-order chi connectivity index (χ1) is 7.95. The van der Waals surface area contributed by atoms with E-state index in [0.717, 1.165) is 6.42 Å². The Balaban J connectivity index is 2.25. The van der Waals surface area contributed by atoms with E-state index in [1.54, 1.807) is 13.8 Å². The highest BCUT2D eigenvalue weighted by Gasteiger charge is 2.28. The Morgan fingerprint density at radius 2 is 2.12 bits per heavy atom. The van der Waals surface area contributed by atoms with Crippen LogP contribution < -0.4 is 0 Å². The molecule has 0 amide bonds. The minimum atomic E-state index is -0.565. The third kappa shape index (κ3) is 4.34.